The number of anilines is 1. The summed E-state index contributed by atoms with van der Waals surface area (Å²) in [4.78, 5) is 12.3. The van der Waals surface area contributed by atoms with Gasteiger partial charge in [0.05, 0.1) is 5.69 Å². The van der Waals surface area contributed by atoms with Crippen molar-refractivity contribution >= 4 is 11.6 Å². The van der Waals surface area contributed by atoms with E-state index in [2.05, 4.69) is 5.10 Å². The van der Waals surface area contributed by atoms with Crippen molar-refractivity contribution in [3.8, 4) is 11.3 Å². The van der Waals surface area contributed by atoms with Gasteiger partial charge < -0.3 is 5.73 Å². The molecule has 0 saturated carbocycles. The molecule has 0 unspecified atom stereocenters. The highest BCUT2D eigenvalue weighted by Gasteiger charge is 2.12. The molecule has 4 heteroatoms. The molecule has 3 rings (SSSR count). The standard InChI is InChI=1S/C18H17N3O/c1-13-7-9-15(10-8-13)17(22)12-21-18(19)11-16(20-21)14-5-3-2-4-6-14/h2-11H,12,19H2,1H3. The molecule has 3 aromatic rings. The molecule has 0 bridgehead atoms. The third-order valence-electron chi connectivity index (χ3n) is 3.55. The van der Waals surface area contributed by atoms with E-state index >= 15 is 0 Å². The molecular formula is C18H17N3O. The lowest BCUT2D eigenvalue weighted by Gasteiger charge is -2.04. The van der Waals surface area contributed by atoms with Gasteiger partial charge >= 0.3 is 0 Å². The molecule has 0 radical (unpaired) electrons. The Kier molecular flexibility index (Phi) is 3.74. The zero-order valence-electron chi connectivity index (χ0n) is 12.4. The maximum atomic E-state index is 12.3. The van der Waals surface area contributed by atoms with Crippen LogP contribution in [0.5, 0.6) is 0 Å². The van der Waals surface area contributed by atoms with Crippen molar-refractivity contribution in [2.45, 2.75) is 13.5 Å². The first-order valence-electron chi connectivity index (χ1n) is 7.12. The van der Waals surface area contributed by atoms with Gasteiger partial charge in [0, 0.05) is 17.2 Å². The Bertz CT molecular complexity index is 789. The predicted molar refractivity (Wildman–Crippen MR) is 87.6 cm³/mol. The molecule has 0 fully saturated rings. The monoisotopic (exact) mass is 291 g/mol. The quantitative estimate of drug-likeness (QED) is 0.750. The number of carbonyl (C=O) groups excluding carboxylic acids is 1. The molecule has 0 aliphatic heterocycles. The smallest absolute Gasteiger partial charge is 0.184 e. The van der Waals surface area contributed by atoms with Crippen LogP contribution in [0.25, 0.3) is 11.3 Å². The Morgan fingerprint density at radius 2 is 1.77 bits per heavy atom. The van der Waals surface area contributed by atoms with E-state index in [0.717, 1.165) is 16.8 Å². The van der Waals surface area contributed by atoms with Crippen molar-refractivity contribution < 1.29 is 4.79 Å². The third kappa shape index (κ3) is 2.91. The fraction of sp³-hybridized carbons (Fsp3) is 0.111. The maximum Gasteiger partial charge on any atom is 0.184 e. The lowest BCUT2D eigenvalue weighted by Crippen LogP contribution is -2.13. The number of nitrogens with two attached hydrogens (primary N) is 1. The fourth-order valence-electron chi connectivity index (χ4n) is 2.27. The summed E-state index contributed by atoms with van der Waals surface area (Å²) in [7, 11) is 0. The van der Waals surface area contributed by atoms with Crippen molar-refractivity contribution in [3.63, 3.8) is 0 Å². The normalized spacial score (nSPS) is 10.6. The molecule has 1 aromatic heterocycles. The van der Waals surface area contributed by atoms with Crippen LogP contribution in [0, 0.1) is 6.92 Å². The molecule has 0 aliphatic carbocycles. The van der Waals surface area contributed by atoms with Gasteiger partial charge in [-0.2, -0.15) is 5.10 Å². The van der Waals surface area contributed by atoms with Crippen LogP contribution in [0.2, 0.25) is 0 Å². The van der Waals surface area contributed by atoms with Crippen LogP contribution < -0.4 is 5.73 Å². The zero-order valence-corrected chi connectivity index (χ0v) is 12.4. The molecule has 0 saturated heterocycles. The zero-order chi connectivity index (χ0) is 15.5. The van der Waals surface area contributed by atoms with Gasteiger partial charge in [-0.3, -0.25) is 4.79 Å². The summed E-state index contributed by atoms with van der Waals surface area (Å²) in [6.07, 6.45) is 0. The van der Waals surface area contributed by atoms with Crippen molar-refractivity contribution in [1.82, 2.24) is 9.78 Å². The van der Waals surface area contributed by atoms with Gasteiger partial charge in [0.1, 0.15) is 12.4 Å². The number of Topliss-reactive ketones (excluding diaryl/α,β-unsaturated/α-hetero) is 1. The summed E-state index contributed by atoms with van der Waals surface area (Å²) in [5.41, 5.74) is 9.53. The van der Waals surface area contributed by atoms with Gasteiger partial charge in [-0.05, 0) is 6.92 Å². The van der Waals surface area contributed by atoms with Gasteiger partial charge in [0.2, 0.25) is 0 Å². The molecule has 2 N–H and O–H groups in total. The van der Waals surface area contributed by atoms with E-state index in [1.54, 1.807) is 10.7 Å². The number of rotatable bonds is 4. The molecule has 0 spiro atoms. The summed E-state index contributed by atoms with van der Waals surface area (Å²) in [6, 6.07) is 19.1. The van der Waals surface area contributed by atoms with Gasteiger partial charge in [-0.25, -0.2) is 4.68 Å². The van der Waals surface area contributed by atoms with Crippen molar-refractivity contribution in [1.29, 1.82) is 0 Å². The number of nitrogens with zero attached hydrogens (tertiary/aromatic N) is 2. The van der Waals surface area contributed by atoms with Gasteiger partial charge in [-0.15, -0.1) is 0 Å². The Balaban J connectivity index is 1.82. The largest absolute Gasteiger partial charge is 0.384 e. The minimum Gasteiger partial charge on any atom is -0.384 e. The second-order valence-electron chi connectivity index (χ2n) is 5.27. The molecular weight excluding hydrogens is 274 g/mol. The molecule has 0 amide bonds. The average Bonchev–Trinajstić information content (AvgIpc) is 2.90. The molecule has 2 aromatic carbocycles. The Hall–Kier alpha value is -2.88. The molecule has 22 heavy (non-hydrogen) atoms. The van der Waals surface area contributed by atoms with Crippen LogP contribution in [-0.4, -0.2) is 15.6 Å². The third-order valence-corrected chi connectivity index (χ3v) is 3.55. The number of hydrogen-bond donors (Lipinski definition) is 1. The first-order chi connectivity index (χ1) is 10.6. The van der Waals surface area contributed by atoms with Gasteiger partial charge in [0.25, 0.3) is 0 Å². The molecule has 110 valence electrons. The lowest BCUT2D eigenvalue weighted by atomic mass is 10.1. The van der Waals surface area contributed by atoms with Crippen molar-refractivity contribution in [3.05, 3.63) is 71.8 Å². The summed E-state index contributed by atoms with van der Waals surface area (Å²) >= 11 is 0. The number of benzene rings is 2. The summed E-state index contributed by atoms with van der Waals surface area (Å²) in [5.74, 6) is 0.480. The van der Waals surface area contributed by atoms with Crippen LogP contribution in [-0.2, 0) is 6.54 Å². The number of aromatic nitrogens is 2. The SMILES string of the molecule is Cc1ccc(C(=O)Cn2nc(-c3ccccc3)cc2N)cc1. The van der Waals surface area contributed by atoms with Gasteiger partial charge in [-0.1, -0.05) is 60.2 Å². The van der Waals surface area contributed by atoms with Crippen LogP contribution in [0.1, 0.15) is 15.9 Å². The van der Waals surface area contributed by atoms with Crippen LogP contribution in [0.3, 0.4) is 0 Å². The highest BCUT2D eigenvalue weighted by Crippen LogP contribution is 2.20. The number of nitrogen functional groups attached to an aromatic ring is 1. The van der Waals surface area contributed by atoms with E-state index in [1.165, 1.54) is 0 Å². The van der Waals surface area contributed by atoms with Crippen LogP contribution in [0.15, 0.2) is 60.7 Å². The number of hydrogen-bond acceptors (Lipinski definition) is 3. The lowest BCUT2D eigenvalue weighted by molar-refractivity contribution is 0.0968. The van der Waals surface area contributed by atoms with Crippen LogP contribution >= 0.6 is 0 Å². The van der Waals surface area contributed by atoms with E-state index in [9.17, 15) is 4.79 Å². The number of aryl methyl sites for hydroxylation is 1. The highest BCUT2D eigenvalue weighted by atomic mass is 16.1. The van der Waals surface area contributed by atoms with Crippen molar-refractivity contribution in [2.24, 2.45) is 0 Å². The molecule has 0 aliphatic rings. The number of ketones is 1. The Morgan fingerprint density at radius 3 is 2.45 bits per heavy atom. The molecule has 4 nitrogen and oxygen atoms in total. The summed E-state index contributed by atoms with van der Waals surface area (Å²) < 4.78 is 1.55. The minimum atomic E-state index is -0.00517. The van der Waals surface area contributed by atoms with E-state index in [4.69, 9.17) is 5.73 Å². The van der Waals surface area contributed by atoms with E-state index in [0.29, 0.717) is 11.4 Å². The van der Waals surface area contributed by atoms with Crippen LogP contribution in [0.4, 0.5) is 5.82 Å². The average molecular weight is 291 g/mol. The first-order valence-corrected chi connectivity index (χ1v) is 7.12. The maximum absolute atomic E-state index is 12.3. The highest BCUT2D eigenvalue weighted by molar-refractivity contribution is 5.96. The molecule has 1 heterocycles. The second kappa shape index (κ2) is 5.85. The Labute approximate surface area is 129 Å². The minimum absolute atomic E-state index is 0.00517. The topological polar surface area (TPSA) is 60.9 Å². The second-order valence-corrected chi connectivity index (χ2v) is 5.27. The fourth-order valence-corrected chi connectivity index (χ4v) is 2.27. The summed E-state index contributed by atoms with van der Waals surface area (Å²) in [5, 5.41) is 4.43. The van der Waals surface area contributed by atoms with Crippen molar-refractivity contribution in [2.75, 3.05) is 5.73 Å². The number of carbonyl (C=O) groups is 1. The predicted octanol–water partition coefficient (Wildman–Crippen LogP) is 3.32. The van der Waals surface area contributed by atoms with E-state index in [-0.39, 0.29) is 12.3 Å². The Morgan fingerprint density at radius 1 is 1.09 bits per heavy atom. The first kappa shape index (κ1) is 14.1. The van der Waals surface area contributed by atoms with Gasteiger partial charge in [0.15, 0.2) is 5.78 Å². The van der Waals surface area contributed by atoms with E-state index < -0.39 is 0 Å². The van der Waals surface area contributed by atoms with E-state index in [1.807, 2.05) is 61.5 Å². The summed E-state index contributed by atoms with van der Waals surface area (Å²) in [6.45, 7) is 2.13. The molecule has 0 atom stereocenters.